The Hall–Kier alpha value is -1.43. The second-order valence-electron chi connectivity index (χ2n) is 6.95. The average molecular weight is 306 g/mol. The summed E-state index contributed by atoms with van der Waals surface area (Å²) in [6.45, 7) is 6.73. The highest BCUT2D eigenvalue weighted by Crippen LogP contribution is 2.28. The third-order valence-corrected chi connectivity index (χ3v) is 5.06. The molecule has 0 saturated carbocycles. The SMILES string of the molecule is CC(C)N1CCCC(Cc2nnc3n2C(C(=O)O)CCC3)C1. The van der Waals surface area contributed by atoms with Crippen LogP contribution in [-0.4, -0.2) is 49.9 Å². The summed E-state index contributed by atoms with van der Waals surface area (Å²) in [5.74, 6) is 1.53. The van der Waals surface area contributed by atoms with Crippen LogP contribution in [0.25, 0.3) is 0 Å². The molecule has 1 fully saturated rings. The first-order valence-corrected chi connectivity index (χ1v) is 8.45. The van der Waals surface area contributed by atoms with Crippen LogP contribution in [0.1, 0.15) is 57.2 Å². The van der Waals surface area contributed by atoms with Crippen molar-refractivity contribution in [3.63, 3.8) is 0 Å². The predicted molar refractivity (Wildman–Crippen MR) is 82.8 cm³/mol. The van der Waals surface area contributed by atoms with E-state index in [1.54, 1.807) is 0 Å². The van der Waals surface area contributed by atoms with Crippen LogP contribution in [0.15, 0.2) is 0 Å². The number of piperidine rings is 1. The van der Waals surface area contributed by atoms with Gasteiger partial charge in [0, 0.05) is 25.4 Å². The quantitative estimate of drug-likeness (QED) is 0.920. The highest BCUT2D eigenvalue weighted by Gasteiger charge is 2.31. The number of aromatic nitrogens is 3. The lowest BCUT2D eigenvalue weighted by atomic mass is 9.93. The van der Waals surface area contributed by atoms with Crippen molar-refractivity contribution >= 4 is 5.97 Å². The number of fused-ring (bicyclic) bond motifs is 1. The van der Waals surface area contributed by atoms with Gasteiger partial charge in [0.2, 0.25) is 0 Å². The van der Waals surface area contributed by atoms with E-state index in [4.69, 9.17) is 0 Å². The zero-order chi connectivity index (χ0) is 15.7. The summed E-state index contributed by atoms with van der Waals surface area (Å²) >= 11 is 0. The van der Waals surface area contributed by atoms with Gasteiger partial charge < -0.3 is 14.6 Å². The topological polar surface area (TPSA) is 71.2 Å². The number of hydrogen-bond donors (Lipinski definition) is 1. The first kappa shape index (κ1) is 15.5. The number of likely N-dealkylation sites (tertiary alicyclic amines) is 1. The van der Waals surface area contributed by atoms with Gasteiger partial charge in [-0.25, -0.2) is 4.79 Å². The maximum Gasteiger partial charge on any atom is 0.326 e. The molecule has 1 saturated heterocycles. The smallest absolute Gasteiger partial charge is 0.326 e. The Morgan fingerprint density at radius 1 is 1.32 bits per heavy atom. The monoisotopic (exact) mass is 306 g/mol. The lowest BCUT2D eigenvalue weighted by Gasteiger charge is -2.35. The molecule has 22 heavy (non-hydrogen) atoms. The normalized spacial score (nSPS) is 26.1. The molecule has 1 aromatic heterocycles. The first-order valence-electron chi connectivity index (χ1n) is 8.45. The van der Waals surface area contributed by atoms with Crippen LogP contribution in [0.4, 0.5) is 0 Å². The molecule has 1 N–H and O–H groups in total. The molecule has 2 atom stereocenters. The first-order chi connectivity index (χ1) is 10.6. The van der Waals surface area contributed by atoms with Crippen LogP contribution in [-0.2, 0) is 17.6 Å². The van der Waals surface area contributed by atoms with Gasteiger partial charge in [-0.2, -0.15) is 0 Å². The van der Waals surface area contributed by atoms with Crippen molar-refractivity contribution in [2.45, 2.75) is 64.5 Å². The minimum atomic E-state index is -0.755. The van der Waals surface area contributed by atoms with E-state index in [1.165, 1.54) is 19.4 Å². The van der Waals surface area contributed by atoms with Crippen molar-refractivity contribution in [2.75, 3.05) is 13.1 Å². The van der Waals surface area contributed by atoms with E-state index in [0.29, 0.717) is 18.4 Å². The summed E-state index contributed by atoms with van der Waals surface area (Å²) in [7, 11) is 0. The molecule has 122 valence electrons. The number of nitrogens with zero attached hydrogens (tertiary/aromatic N) is 4. The zero-order valence-electron chi connectivity index (χ0n) is 13.5. The molecular weight excluding hydrogens is 280 g/mol. The van der Waals surface area contributed by atoms with Gasteiger partial charge in [-0.05, 0) is 52.0 Å². The minimum Gasteiger partial charge on any atom is -0.480 e. The molecule has 0 bridgehead atoms. The van der Waals surface area contributed by atoms with E-state index in [1.807, 2.05) is 4.57 Å². The van der Waals surface area contributed by atoms with Gasteiger partial charge >= 0.3 is 5.97 Å². The molecule has 2 aliphatic rings. The van der Waals surface area contributed by atoms with Crippen molar-refractivity contribution < 1.29 is 9.90 Å². The number of rotatable bonds is 4. The number of aliphatic carboxylic acids is 1. The maximum atomic E-state index is 11.5. The van der Waals surface area contributed by atoms with Gasteiger partial charge in [-0.1, -0.05) is 0 Å². The highest BCUT2D eigenvalue weighted by atomic mass is 16.4. The van der Waals surface area contributed by atoms with Crippen molar-refractivity contribution in [1.29, 1.82) is 0 Å². The minimum absolute atomic E-state index is 0.474. The van der Waals surface area contributed by atoms with Gasteiger partial charge in [-0.15, -0.1) is 10.2 Å². The molecule has 0 aliphatic carbocycles. The zero-order valence-corrected chi connectivity index (χ0v) is 13.5. The van der Waals surface area contributed by atoms with Crippen LogP contribution in [0.3, 0.4) is 0 Å². The van der Waals surface area contributed by atoms with Crippen molar-refractivity contribution in [3.8, 4) is 0 Å². The Bertz CT molecular complexity index is 540. The van der Waals surface area contributed by atoms with Crippen molar-refractivity contribution in [3.05, 3.63) is 11.6 Å². The Labute approximate surface area is 131 Å². The molecular formula is C16H26N4O2. The number of carboxylic acids is 1. The van der Waals surface area contributed by atoms with E-state index >= 15 is 0 Å². The number of aryl methyl sites for hydroxylation is 1. The maximum absolute atomic E-state index is 11.5. The number of hydrogen-bond acceptors (Lipinski definition) is 4. The van der Waals surface area contributed by atoms with Gasteiger partial charge in [0.25, 0.3) is 0 Å². The average Bonchev–Trinajstić information content (AvgIpc) is 2.90. The van der Waals surface area contributed by atoms with E-state index in [-0.39, 0.29) is 0 Å². The molecule has 0 spiro atoms. The van der Waals surface area contributed by atoms with E-state index in [2.05, 4.69) is 28.9 Å². The van der Waals surface area contributed by atoms with Gasteiger partial charge in [0.05, 0.1) is 0 Å². The second-order valence-corrected chi connectivity index (χ2v) is 6.95. The lowest BCUT2D eigenvalue weighted by Crippen LogP contribution is -2.41. The van der Waals surface area contributed by atoms with Gasteiger partial charge in [-0.3, -0.25) is 0 Å². The molecule has 6 heteroatoms. The number of carboxylic acid groups (broad SMARTS) is 1. The predicted octanol–water partition coefficient (Wildman–Crippen LogP) is 1.90. The van der Waals surface area contributed by atoms with Crippen LogP contribution >= 0.6 is 0 Å². The molecule has 2 aliphatic heterocycles. The molecule has 3 rings (SSSR count). The second kappa shape index (κ2) is 6.36. The molecule has 1 aromatic rings. The summed E-state index contributed by atoms with van der Waals surface area (Å²) in [6.07, 6.45) is 5.69. The van der Waals surface area contributed by atoms with Crippen LogP contribution < -0.4 is 0 Å². The fourth-order valence-corrected chi connectivity index (χ4v) is 3.84. The van der Waals surface area contributed by atoms with Gasteiger partial charge in [0.15, 0.2) is 0 Å². The molecule has 3 heterocycles. The van der Waals surface area contributed by atoms with Crippen LogP contribution in [0.5, 0.6) is 0 Å². The molecule has 0 amide bonds. The van der Waals surface area contributed by atoms with Gasteiger partial charge in [0.1, 0.15) is 17.7 Å². The molecule has 6 nitrogen and oxygen atoms in total. The number of carbonyl (C=O) groups is 1. The summed E-state index contributed by atoms with van der Waals surface area (Å²) in [4.78, 5) is 14.0. The standard InChI is InChI=1S/C16H26N4O2/c1-11(2)19-8-4-5-12(10-19)9-15-18-17-14-7-3-6-13(16(21)22)20(14)15/h11-13H,3-10H2,1-2H3,(H,21,22). The van der Waals surface area contributed by atoms with Crippen LogP contribution in [0.2, 0.25) is 0 Å². The Morgan fingerprint density at radius 2 is 2.14 bits per heavy atom. The summed E-state index contributed by atoms with van der Waals surface area (Å²) in [6, 6.07) is 0.0976. The molecule has 0 radical (unpaired) electrons. The fourth-order valence-electron chi connectivity index (χ4n) is 3.84. The third kappa shape index (κ3) is 3.02. The fraction of sp³-hybridized carbons (Fsp3) is 0.812. The Balaban J connectivity index is 1.76. The van der Waals surface area contributed by atoms with E-state index in [0.717, 1.165) is 37.5 Å². The van der Waals surface area contributed by atoms with Crippen LogP contribution in [0, 0.1) is 5.92 Å². The van der Waals surface area contributed by atoms with Crippen molar-refractivity contribution in [1.82, 2.24) is 19.7 Å². The molecule has 2 unspecified atom stereocenters. The molecule has 0 aromatic carbocycles. The summed E-state index contributed by atoms with van der Waals surface area (Å²) in [5.41, 5.74) is 0. The summed E-state index contributed by atoms with van der Waals surface area (Å²) in [5, 5.41) is 18.0. The Morgan fingerprint density at radius 3 is 2.86 bits per heavy atom. The highest BCUT2D eigenvalue weighted by molar-refractivity contribution is 5.72. The van der Waals surface area contributed by atoms with Crippen molar-refractivity contribution in [2.24, 2.45) is 5.92 Å². The summed E-state index contributed by atoms with van der Waals surface area (Å²) < 4.78 is 1.90. The Kier molecular flexibility index (Phi) is 4.47. The van der Waals surface area contributed by atoms with E-state index in [9.17, 15) is 9.90 Å². The largest absolute Gasteiger partial charge is 0.480 e. The lowest BCUT2D eigenvalue weighted by molar-refractivity contribution is -0.141. The third-order valence-electron chi connectivity index (χ3n) is 5.06. The van der Waals surface area contributed by atoms with E-state index < -0.39 is 12.0 Å².